The molecule has 3 aromatic rings. The van der Waals surface area contributed by atoms with Crippen LogP contribution in [0.15, 0.2) is 53.6 Å². The number of nitrogens with one attached hydrogen (secondary N) is 1. The number of aryl methyl sites for hydroxylation is 1. The van der Waals surface area contributed by atoms with Gasteiger partial charge in [0.2, 0.25) is 0 Å². The maximum absolute atomic E-state index is 11.6. The smallest absolute Gasteiger partial charge is 0.253 e. The normalized spacial score (nSPS) is 12.6. The topological polar surface area (TPSA) is 63.6 Å². The van der Waals surface area contributed by atoms with Crippen LogP contribution in [0.1, 0.15) is 42.3 Å². The average molecular weight is 320 g/mol. The summed E-state index contributed by atoms with van der Waals surface area (Å²) in [6.07, 6.45) is 7.85. The van der Waals surface area contributed by atoms with Gasteiger partial charge in [0.1, 0.15) is 5.82 Å². The van der Waals surface area contributed by atoms with E-state index in [1.807, 2.05) is 25.4 Å². The molecule has 5 nitrogen and oxygen atoms in total. The van der Waals surface area contributed by atoms with E-state index in [4.69, 9.17) is 0 Å². The molecule has 5 heteroatoms. The van der Waals surface area contributed by atoms with Gasteiger partial charge in [0, 0.05) is 18.2 Å². The standard InChI is InChI=1S/C19H20N4O/c1-4-5-15-6-8-16(9-7-15)13(2)17-11-20-23(12-17)18-10-19(24)22-14(3)21-18/h4-13H,1-3H3,(H,21,22,24)/b5-4-. The Hall–Kier alpha value is -2.95. The number of hydrogen-bond acceptors (Lipinski definition) is 3. The fourth-order valence-corrected chi connectivity index (χ4v) is 2.65. The van der Waals surface area contributed by atoms with Crippen LogP contribution in [-0.4, -0.2) is 19.7 Å². The Morgan fingerprint density at radius 1 is 1.21 bits per heavy atom. The van der Waals surface area contributed by atoms with Gasteiger partial charge in [0.05, 0.1) is 6.20 Å². The van der Waals surface area contributed by atoms with Crippen molar-refractivity contribution in [3.8, 4) is 5.82 Å². The van der Waals surface area contributed by atoms with Crippen LogP contribution in [0.2, 0.25) is 0 Å². The van der Waals surface area contributed by atoms with Gasteiger partial charge in [-0.1, -0.05) is 43.3 Å². The summed E-state index contributed by atoms with van der Waals surface area (Å²) in [6, 6.07) is 9.93. The van der Waals surface area contributed by atoms with Crippen molar-refractivity contribution in [1.82, 2.24) is 19.7 Å². The second kappa shape index (κ2) is 6.66. The van der Waals surface area contributed by atoms with Crippen molar-refractivity contribution in [3.63, 3.8) is 0 Å². The molecule has 0 amide bonds. The third-order valence-corrected chi connectivity index (χ3v) is 3.98. The molecule has 2 aromatic heterocycles. The maximum atomic E-state index is 11.6. The van der Waals surface area contributed by atoms with Crippen LogP contribution in [0.3, 0.4) is 0 Å². The van der Waals surface area contributed by atoms with Crippen LogP contribution in [0.25, 0.3) is 11.9 Å². The molecule has 1 N–H and O–H groups in total. The van der Waals surface area contributed by atoms with Crippen molar-refractivity contribution >= 4 is 6.08 Å². The molecule has 0 saturated heterocycles. The van der Waals surface area contributed by atoms with Gasteiger partial charge < -0.3 is 4.98 Å². The van der Waals surface area contributed by atoms with Crippen LogP contribution in [0.4, 0.5) is 0 Å². The first-order valence-electron chi connectivity index (χ1n) is 7.92. The highest BCUT2D eigenvalue weighted by Gasteiger charge is 2.12. The quantitative estimate of drug-likeness (QED) is 0.801. The molecule has 2 heterocycles. The minimum absolute atomic E-state index is 0.179. The Balaban J connectivity index is 1.88. The SMILES string of the molecule is C/C=C\c1ccc(C(C)c2cnn(-c3cc(=O)[nH]c(C)n3)c2)cc1. The van der Waals surface area contributed by atoms with Gasteiger partial charge in [-0.3, -0.25) is 4.79 Å². The van der Waals surface area contributed by atoms with Crippen molar-refractivity contribution in [2.24, 2.45) is 0 Å². The van der Waals surface area contributed by atoms with Crippen LogP contribution >= 0.6 is 0 Å². The second-order valence-corrected chi connectivity index (χ2v) is 5.80. The minimum Gasteiger partial charge on any atom is -0.311 e. The van der Waals surface area contributed by atoms with Gasteiger partial charge in [0.25, 0.3) is 5.56 Å². The summed E-state index contributed by atoms with van der Waals surface area (Å²) in [4.78, 5) is 18.5. The Kier molecular flexibility index (Phi) is 4.42. The average Bonchev–Trinajstić information content (AvgIpc) is 3.04. The molecule has 1 unspecified atom stereocenters. The van der Waals surface area contributed by atoms with E-state index < -0.39 is 0 Å². The maximum Gasteiger partial charge on any atom is 0.253 e. The van der Waals surface area contributed by atoms with E-state index in [0.29, 0.717) is 11.6 Å². The van der Waals surface area contributed by atoms with Gasteiger partial charge >= 0.3 is 0 Å². The van der Waals surface area contributed by atoms with Crippen molar-refractivity contribution in [2.45, 2.75) is 26.7 Å². The molecule has 1 aromatic carbocycles. The van der Waals surface area contributed by atoms with E-state index in [1.54, 1.807) is 11.6 Å². The van der Waals surface area contributed by atoms with Crippen molar-refractivity contribution in [3.05, 3.63) is 81.7 Å². The predicted molar refractivity (Wildman–Crippen MR) is 95.4 cm³/mol. The zero-order chi connectivity index (χ0) is 17.1. The first-order chi connectivity index (χ1) is 11.6. The Morgan fingerprint density at radius 2 is 1.96 bits per heavy atom. The number of nitrogens with zero attached hydrogens (tertiary/aromatic N) is 3. The monoisotopic (exact) mass is 320 g/mol. The van der Waals surface area contributed by atoms with Gasteiger partial charge in [0.15, 0.2) is 5.82 Å². The molecule has 0 aliphatic heterocycles. The zero-order valence-corrected chi connectivity index (χ0v) is 14.0. The lowest BCUT2D eigenvalue weighted by Gasteiger charge is -2.10. The fraction of sp³-hybridized carbons (Fsp3) is 0.211. The third-order valence-electron chi connectivity index (χ3n) is 3.98. The van der Waals surface area contributed by atoms with Crippen LogP contribution in [0, 0.1) is 6.92 Å². The number of allylic oxidation sites excluding steroid dienone is 1. The Bertz CT molecular complexity index is 919. The van der Waals surface area contributed by atoms with E-state index in [9.17, 15) is 4.79 Å². The lowest BCUT2D eigenvalue weighted by atomic mass is 9.95. The van der Waals surface area contributed by atoms with E-state index in [2.05, 4.69) is 52.3 Å². The number of benzene rings is 1. The molecule has 122 valence electrons. The molecular weight excluding hydrogens is 300 g/mol. The Morgan fingerprint density at radius 3 is 2.62 bits per heavy atom. The van der Waals surface area contributed by atoms with E-state index in [-0.39, 0.29) is 11.5 Å². The molecule has 1 atom stereocenters. The van der Waals surface area contributed by atoms with Crippen LogP contribution in [-0.2, 0) is 0 Å². The summed E-state index contributed by atoms with van der Waals surface area (Å²) in [6.45, 7) is 5.90. The molecule has 0 aliphatic carbocycles. The molecule has 0 bridgehead atoms. The predicted octanol–water partition coefficient (Wildman–Crippen LogP) is 3.45. The van der Waals surface area contributed by atoms with Gasteiger partial charge in [-0.25, -0.2) is 9.67 Å². The largest absolute Gasteiger partial charge is 0.311 e. The second-order valence-electron chi connectivity index (χ2n) is 5.80. The van der Waals surface area contributed by atoms with Gasteiger partial charge in [-0.05, 0) is 30.5 Å². The van der Waals surface area contributed by atoms with Crippen LogP contribution in [0.5, 0.6) is 0 Å². The molecule has 0 saturated carbocycles. The van der Waals surface area contributed by atoms with Gasteiger partial charge in [-0.15, -0.1) is 0 Å². The Labute approximate surface area is 140 Å². The summed E-state index contributed by atoms with van der Waals surface area (Å²) < 4.78 is 1.64. The molecule has 0 radical (unpaired) electrons. The van der Waals surface area contributed by atoms with Crippen molar-refractivity contribution in [2.75, 3.05) is 0 Å². The summed E-state index contributed by atoms with van der Waals surface area (Å²) in [5.74, 6) is 1.31. The number of aromatic amines is 1. The number of aromatic nitrogens is 4. The molecule has 0 spiro atoms. The van der Waals surface area contributed by atoms with Gasteiger partial charge in [-0.2, -0.15) is 5.10 Å². The number of rotatable bonds is 4. The van der Waals surface area contributed by atoms with Crippen LogP contribution < -0.4 is 5.56 Å². The third kappa shape index (κ3) is 3.35. The number of H-pyrrole nitrogens is 1. The zero-order valence-electron chi connectivity index (χ0n) is 14.0. The summed E-state index contributed by atoms with van der Waals surface area (Å²) >= 11 is 0. The summed E-state index contributed by atoms with van der Waals surface area (Å²) in [7, 11) is 0. The lowest BCUT2D eigenvalue weighted by Crippen LogP contribution is -2.12. The first kappa shape index (κ1) is 15.9. The van der Waals surface area contributed by atoms with Crippen molar-refractivity contribution in [1.29, 1.82) is 0 Å². The molecule has 0 fully saturated rings. The molecule has 0 aliphatic rings. The lowest BCUT2D eigenvalue weighted by molar-refractivity contribution is 0.820. The minimum atomic E-state index is -0.179. The number of hydrogen-bond donors (Lipinski definition) is 1. The molecule has 24 heavy (non-hydrogen) atoms. The molecule has 3 rings (SSSR count). The highest BCUT2D eigenvalue weighted by molar-refractivity contribution is 5.50. The van der Waals surface area contributed by atoms with E-state index >= 15 is 0 Å². The highest BCUT2D eigenvalue weighted by atomic mass is 16.1. The fourth-order valence-electron chi connectivity index (χ4n) is 2.65. The first-order valence-corrected chi connectivity index (χ1v) is 7.92. The summed E-state index contributed by atoms with van der Waals surface area (Å²) in [5.41, 5.74) is 3.31. The van der Waals surface area contributed by atoms with Crippen molar-refractivity contribution < 1.29 is 0 Å². The van der Waals surface area contributed by atoms with E-state index in [1.165, 1.54) is 17.2 Å². The van der Waals surface area contributed by atoms with E-state index in [0.717, 1.165) is 5.56 Å². The molecular formula is C19H20N4O. The summed E-state index contributed by atoms with van der Waals surface area (Å²) in [5, 5.41) is 4.35. The highest BCUT2D eigenvalue weighted by Crippen LogP contribution is 2.24.